The van der Waals surface area contributed by atoms with Crippen molar-refractivity contribution in [3.05, 3.63) is 11.6 Å². The number of Topliss-reactive ketones (excluding diaryl/α,β-unsaturated/α-hetero) is 1. The lowest BCUT2D eigenvalue weighted by molar-refractivity contribution is -0.309. The molecular weight excluding hydrogens is 492 g/mol. The molecule has 4 saturated carbocycles. The third kappa shape index (κ3) is 3.72. The first kappa shape index (κ1) is 26.8. The van der Waals surface area contributed by atoms with Crippen LogP contribution in [0.3, 0.4) is 0 Å². The Morgan fingerprint density at radius 1 is 1.00 bits per heavy atom. The predicted molar refractivity (Wildman–Crippen MR) is 133 cm³/mol. The zero-order chi connectivity index (χ0) is 27.2. The van der Waals surface area contributed by atoms with Crippen LogP contribution in [0.1, 0.15) is 72.1 Å². The van der Waals surface area contributed by atoms with Crippen LogP contribution >= 0.6 is 0 Å². The number of ether oxygens (including phenoxy) is 3. The summed E-state index contributed by atoms with van der Waals surface area (Å²) < 4.78 is 17.0. The molecule has 13 atom stereocenters. The van der Waals surface area contributed by atoms with Crippen molar-refractivity contribution in [3.8, 4) is 0 Å². The van der Waals surface area contributed by atoms with E-state index in [0.29, 0.717) is 19.3 Å². The molecule has 13 unspecified atom stereocenters. The molecule has 1 saturated heterocycles. The topological polar surface area (TPSA) is 143 Å². The van der Waals surface area contributed by atoms with Crippen molar-refractivity contribution in [2.24, 2.45) is 34.5 Å². The first-order valence-corrected chi connectivity index (χ1v) is 14.4. The molecule has 0 spiro atoms. The summed E-state index contributed by atoms with van der Waals surface area (Å²) in [6.07, 6.45) is 1.39. The largest absolute Gasteiger partial charge is 0.458 e. The summed E-state index contributed by atoms with van der Waals surface area (Å²) in [5.41, 5.74) is -0.908. The van der Waals surface area contributed by atoms with E-state index >= 15 is 0 Å². The van der Waals surface area contributed by atoms with Crippen molar-refractivity contribution in [2.45, 2.75) is 115 Å². The Morgan fingerprint density at radius 2 is 1.76 bits per heavy atom. The van der Waals surface area contributed by atoms with E-state index in [2.05, 4.69) is 6.92 Å². The summed E-state index contributed by atoms with van der Waals surface area (Å²) in [5, 5.41) is 42.9. The zero-order valence-corrected chi connectivity index (χ0v) is 22.5. The van der Waals surface area contributed by atoms with Crippen LogP contribution in [-0.4, -0.2) is 81.2 Å². The van der Waals surface area contributed by atoms with Gasteiger partial charge < -0.3 is 34.6 Å². The quantitative estimate of drug-likeness (QED) is 0.314. The zero-order valence-electron chi connectivity index (χ0n) is 22.5. The molecule has 5 fully saturated rings. The molecule has 0 bridgehead atoms. The standard InChI is InChI=1S/C29H42O9/c1-14-23(32)24(33)25(34)26(37-14)38-17-6-8-27(2)16(11-17)4-5-19-22(27)20(30)12-28(3)18(7-9-29(19,28)35)15-10-21(31)36-13-15/h10,14,16-19,22-26,32-35H,4-9,11-13H2,1-3H3. The van der Waals surface area contributed by atoms with Gasteiger partial charge in [-0.25, -0.2) is 4.79 Å². The average molecular weight is 535 g/mol. The lowest BCUT2D eigenvalue weighted by Gasteiger charge is -2.62. The van der Waals surface area contributed by atoms with E-state index in [4.69, 9.17) is 14.2 Å². The summed E-state index contributed by atoms with van der Waals surface area (Å²) in [4.78, 5) is 25.8. The normalized spacial score (nSPS) is 54.6. The Hall–Kier alpha value is -1.36. The fourth-order valence-electron chi connectivity index (χ4n) is 9.60. The van der Waals surface area contributed by atoms with Crippen molar-refractivity contribution < 1.29 is 44.2 Å². The predicted octanol–water partition coefficient (Wildman–Crippen LogP) is 1.64. The maximum absolute atomic E-state index is 14.0. The van der Waals surface area contributed by atoms with Crippen molar-refractivity contribution in [1.82, 2.24) is 0 Å². The summed E-state index contributed by atoms with van der Waals surface area (Å²) in [6.45, 7) is 6.15. The fraction of sp³-hybridized carbons (Fsp3) is 0.862. The molecule has 2 heterocycles. The molecule has 0 aromatic heterocycles. The second kappa shape index (κ2) is 9.08. The van der Waals surface area contributed by atoms with Crippen molar-refractivity contribution >= 4 is 11.8 Å². The number of carbonyl (C=O) groups excluding carboxylic acids is 2. The number of cyclic esters (lactones) is 1. The van der Waals surface area contributed by atoms with Crippen molar-refractivity contribution in [3.63, 3.8) is 0 Å². The monoisotopic (exact) mass is 534 g/mol. The Bertz CT molecular complexity index is 1030. The minimum absolute atomic E-state index is 0.0308. The molecule has 9 nitrogen and oxygen atoms in total. The minimum atomic E-state index is -1.33. The fourth-order valence-corrected chi connectivity index (χ4v) is 9.60. The maximum atomic E-state index is 14.0. The van der Waals surface area contributed by atoms with Gasteiger partial charge in [-0.15, -0.1) is 0 Å². The molecule has 0 radical (unpaired) electrons. The minimum Gasteiger partial charge on any atom is -0.458 e. The Labute approximate surface area is 223 Å². The van der Waals surface area contributed by atoms with Crippen LogP contribution in [0.5, 0.6) is 0 Å². The third-order valence-corrected chi connectivity index (χ3v) is 11.8. The number of rotatable bonds is 3. The smallest absolute Gasteiger partial charge is 0.331 e. The number of hydrogen-bond acceptors (Lipinski definition) is 9. The van der Waals surface area contributed by atoms with Gasteiger partial charge in [0.15, 0.2) is 6.29 Å². The first-order valence-electron chi connectivity index (χ1n) is 14.4. The van der Waals surface area contributed by atoms with E-state index in [-0.39, 0.29) is 53.6 Å². The highest BCUT2D eigenvalue weighted by atomic mass is 16.7. The molecule has 6 aliphatic rings. The molecule has 0 amide bonds. The van der Waals surface area contributed by atoms with Crippen LogP contribution in [0.2, 0.25) is 0 Å². The van der Waals surface area contributed by atoms with Gasteiger partial charge >= 0.3 is 5.97 Å². The van der Waals surface area contributed by atoms with E-state index in [1.807, 2.05) is 6.92 Å². The molecule has 6 rings (SSSR count). The van der Waals surface area contributed by atoms with Gasteiger partial charge in [0.1, 0.15) is 30.7 Å². The highest BCUT2D eigenvalue weighted by Crippen LogP contribution is 2.69. The number of ketones is 1. The van der Waals surface area contributed by atoms with Crippen molar-refractivity contribution in [1.29, 1.82) is 0 Å². The first-order chi connectivity index (χ1) is 17.9. The molecule has 4 aliphatic carbocycles. The lowest BCUT2D eigenvalue weighted by atomic mass is 9.43. The van der Waals surface area contributed by atoms with E-state index in [1.165, 1.54) is 0 Å². The number of hydrogen-bond donors (Lipinski definition) is 4. The second-order valence-electron chi connectivity index (χ2n) is 13.5. The van der Waals surface area contributed by atoms with Gasteiger partial charge in [-0.3, -0.25) is 4.79 Å². The van der Waals surface area contributed by atoms with E-state index in [1.54, 1.807) is 13.0 Å². The average Bonchev–Trinajstić information content (AvgIpc) is 3.41. The summed E-state index contributed by atoms with van der Waals surface area (Å²) in [5.74, 6) is -0.244. The van der Waals surface area contributed by atoms with Gasteiger partial charge in [-0.1, -0.05) is 13.8 Å². The van der Waals surface area contributed by atoms with Crippen LogP contribution in [0, 0.1) is 34.5 Å². The molecule has 212 valence electrons. The number of carbonyl (C=O) groups is 2. The van der Waals surface area contributed by atoms with E-state index < -0.39 is 41.7 Å². The van der Waals surface area contributed by atoms with Gasteiger partial charge in [-0.2, -0.15) is 0 Å². The Kier molecular flexibility index (Phi) is 6.41. The molecule has 38 heavy (non-hydrogen) atoms. The van der Waals surface area contributed by atoms with Crippen LogP contribution in [0.15, 0.2) is 11.6 Å². The van der Waals surface area contributed by atoms with Crippen LogP contribution < -0.4 is 0 Å². The maximum Gasteiger partial charge on any atom is 0.331 e. The summed E-state index contributed by atoms with van der Waals surface area (Å²) >= 11 is 0. The van der Waals surface area contributed by atoms with Crippen molar-refractivity contribution in [2.75, 3.05) is 6.61 Å². The number of esters is 1. The van der Waals surface area contributed by atoms with E-state index in [9.17, 15) is 30.0 Å². The lowest BCUT2D eigenvalue weighted by Crippen LogP contribution is -2.65. The molecule has 0 aromatic carbocycles. The van der Waals surface area contributed by atoms with Gasteiger partial charge in [0.25, 0.3) is 0 Å². The highest BCUT2D eigenvalue weighted by molar-refractivity contribution is 5.86. The highest BCUT2D eigenvalue weighted by Gasteiger charge is 2.70. The Morgan fingerprint density at radius 3 is 2.47 bits per heavy atom. The number of aliphatic hydroxyl groups excluding tert-OH is 3. The van der Waals surface area contributed by atoms with E-state index in [0.717, 1.165) is 37.7 Å². The third-order valence-electron chi connectivity index (χ3n) is 11.8. The molecule has 4 N–H and O–H groups in total. The summed E-state index contributed by atoms with van der Waals surface area (Å²) in [6, 6.07) is 0. The van der Waals surface area contributed by atoms with Crippen LogP contribution in [0.25, 0.3) is 0 Å². The molecule has 2 aliphatic heterocycles. The van der Waals surface area contributed by atoms with Gasteiger partial charge in [0.2, 0.25) is 0 Å². The SMILES string of the molecule is CC1OC(OC2CCC3(C)C(CCC4C3C(=O)CC3(C)C(C5=CC(=O)OC5)CCC43O)C2)C(O)C(O)C1O. The van der Waals surface area contributed by atoms with Crippen LogP contribution in [0.4, 0.5) is 0 Å². The Balaban J connectivity index is 1.19. The van der Waals surface area contributed by atoms with Gasteiger partial charge in [0, 0.05) is 23.8 Å². The summed E-state index contributed by atoms with van der Waals surface area (Å²) in [7, 11) is 0. The van der Waals surface area contributed by atoms with Gasteiger partial charge in [-0.05, 0) is 80.6 Å². The molecular formula is C29H42O9. The number of fused-ring (bicyclic) bond motifs is 5. The number of aliphatic hydroxyl groups is 4. The molecule has 9 heteroatoms. The van der Waals surface area contributed by atoms with Crippen LogP contribution in [-0.2, 0) is 23.8 Å². The second-order valence-corrected chi connectivity index (χ2v) is 13.5. The molecule has 0 aromatic rings. The van der Waals surface area contributed by atoms with Gasteiger partial charge in [0.05, 0.1) is 17.8 Å².